The molecule has 28 heavy (non-hydrogen) atoms. The van der Waals surface area contributed by atoms with Gasteiger partial charge < -0.3 is 9.62 Å². The zero-order valence-corrected chi connectivity index (χ0v) is 20.0. The molecule has 0 heterocycles. The highest BCUT2D eigenvalue weighted by Gasteiger charge is 2.55. The number of hydrogen-bond acceptors (Lipinski definition) is 4. The highest BCUT2D eigenvalue weighted by atomic mass is 28.2. The van der Waals surface area contributed by atoms with E-state index >= 15 is 0 Å². The van der Waals surface area contributed by atoms with Gasteiger partial charge in [-0.2, -0.15) is 0 Å². The van der Waals surface area contributed by atoms with Gasteiger partial charge in [-0.25, -0.2) is 4.79 Å². The molecule has 2 rings (SSSR count). The molecule has 0 N–H and O–H groups in total. The molecule has 0 amide bonds. The third-order valence-corrected chi connectivity index (χ3v) is 6.27. The maximum Gasteiger partial charge on any atom is 0.347 e. The quantitative estimate of drug-likeness (QED) is 0.394. The summed E-state index contributed by atoms with van der Waals surface area (Å²) >= 11 is 0. The molecule has 1 atom stereocenters. The van der Waals surface area contributed by atoms with Crippen LogP contribution >= 0.6 is 0 Å². The van der Waals surface area contributed by atoms with Crippen molar-refractivity contribution in [2.45, 2.75) is 53.6 Å². The van der Waals surface area contributed by atoms with Gasteiger partial charge in [-0.05, 0) is 42.5 Å². The highest BCUT2D eigenvalue weighted by molar-refractivity contribution is 5.98. The lowest BCUT2D eigenvalue weighted by molar-refractivity contribution is -0.229. The number of carbonyl (C=O) groups is 1. The summed E-state index contributed by atoms with van der Waals surface area (Å²) in [6.45, 7) is 12.9. The lowest BCUT2D eigenvalue weighted by Gasteiger charge is -2.51. The summed E-state index contributed by atoms with van der Waals surface area (Å²) in [6.07, 6.45) is 0. The van der Waals surface area contributed by atoms with Gasteiger partial charge in [0.15, 0.2) is 0 Å². The molecule has 2 aromatic carbocycles. The average Bonchev–Trinajstić information content (AvgIpc) is 2.66. The third-order valence-electron chi connectivity index (χ3n) is 6.10. The first-order valence-corrected chi connectivity index (χ1v) is 10.4. The van der Waals surface area contributed by atoms with Crippen LogP contribution < -0.4 is 4.74 Å². The summed E-state index contributed by atoms with van der Waals surface area (Å²) in [6, 6.07) is 18.1. The summed E-state index contributed by atoms with van der Waals surface area (Å²) in [5.41, 5.74) is 0.699. The summed E-state index contributed by atoms with van der Waals surface area (Å²) in [5.74, 6) is 0.441. The fourth-order valence-corrected chi connectivity index (χ4v) is 3.89. The largest absolute Gasteiger partial charge is 0.489 e. The predicted octanol–water partition coefficient (Wildman–Crippen LogP) is 4.35. The lowest BCUT2D eigenvalue weighted by Crippen LogP contribution is -2.53. The average molecular weight is 401 g/mol. The smallest absolute Gasteiger partial charge is 0.347 e. The van der Waals surface area contributed by atoms with Gasteiger partial charge in [0.25, 0.3) is 0 Å². The van der Waals surface area contributed by atoms with Crippen molar-refractivity contribution in [3.05, 3.63) is 65.7 Å². The molecule has 5 heteroatoms. The normalized spacial score (nSPS) is 14.4. The van der Waals surface area contributed by atoms with Crippen molar-refractivity contribution in [2.24, 2.45) is 10.8 Å². The van der Waals surface area contributed by atoms with Crippen LogP contribution in [0, 0.1) is 10.8 Å². The van der Waals surface area contributed by atoms with E-state index in [-0.39, 0.29) is 11.4 Å². The monoisotopic (exact) mass is 400 g/mol. The Morgan fingerprint density at radius 3 is 1.96 bits per heavy atom. The Balaban J connectivity index is 2.31. The Morgan fingerprint density at radius 2 is 1.46 bits per heavy atom. The molecule has 2 aromatic rings. The van der Waals surface area contributed by atoms with Crippen LogP contribution in [0.4, 0.5) is 0 Å². The number of benzene rings is 2. The molecule has 152 valence electrons. The van der Waals surface area contributed by atoms with E-state index < -0.39 is 10.8 Å². The Hall–Kier alpha value is -2.11. The van der Waals surface area contributed by atoms with Crippen LogP contribution in [0.3, 0.4) is 0 Å². The summed E-state index contributed by atoms with van der Waals surface area (Å²) in [7, 11) is 0.346. The number of hydrogen-bond donors (Lipinski definition) is 0. The minimum Gasteiger partial charge on any atom is -0.489 e. The number of carbonyl (C=O) groups excluding carboxylic acids is 1. The van der Waals surface area contributed by atoms with Crippen molar-refractivity contribution in [3.8, 4) is 5.75 Å². The van der Waals surface area contributed by atoms with E-state index in [2.05, 4.69) is 27.7 Å². The van der Waals surface area contributed by atoms with Crippen LogP contribution in [0.1, 0.15) is 52.7 Å². The fourth-order valence-electron chi connectivity index (χ4n) is 3.74. The van der Waals surface area contributed by atoms with Crippen molar-refractivity contribution in [2.75, 3.05) is 0 Å². The van der Waals surface area contributed by atoms with Gasteiger partial charge in [0.05, 0.1) is 5.41 Å². The molecule has 0 spiro atoms. The maximum absolute atomic E-state index is 12.7. The molecule has 0 radical (unpaired) electrons. The Labute approximate surface area is 171 Å². The van der Waals surface area contributed by atoms with Gasteiger partial charge >= 0.3 is 5.97 Å². The number of ether oxygens (including phenoxy) is 1. The van der Waals surface area contributed by atoms with E-state index in [1.54, 1.807) is 0 Å². The molecular weight excluding hydrogens is 368 g/mol. The molecule has 4 nitrogen and oxygen atoms in total. The second kappa shape index (κ2) is 8.49. The first kappa shape index (κ1) is 22.2. The van der Waals surface area contributed by atoms with Crippen LogP contribution in [-0.4, -0.2) is 16.5 Å². The lowest BCUT2D eigenvalue weighted by atomic mass is 9.51. The van der Waals surface area contributed by atoms with Crippen molar-refractivity contribution in [3.63, 3.8) is 0 Å². The van der Waals surface area contributed by atoms with Gasteiger partial charge in [-0.1, -0.05) is 70.2 Å². The molecule has 0 saturated carbocycles. The van der Waals surface area contributed by atoms with Crippen molar-refractivity contribution in [1.29, 1.82) is 0 Å². The van der Waals surface area contributed by atoms with Crippen LogP contribution in [0.2, 0.25) is 0 Å². The van der Waals surface area contributed by atoms with Crippen LogP contribution in [0.5, 0.6) is 5.75 Å². The van der Waals surface area contributed by atoms with E-state index in [0.29, 0.717) is 17.1 Å². The third kappa shape index (κ3) is 4.31. The van der Waals surface area contributed by atoms with Gasteiger partial charge in [-0.15, -0.1) is 0 Å². The van der Waals surface area contributed by atoms with Gasteiger partial charge in [0, 0.05) is 5.41 Å². The Morgan fingerprint density at radius 1 is 0.893 bits per heavy atom. The van der Waals surface area contributed by atoms with E-state index in [1.807, 2.05) is 68.4 Å². The van der Waals surface area contributed by atoms with Crippen molar-refractivity contribution in [1.82, 2.24) is 0 Å². The van der Waals surface area contributed by atoms with E-state index in [4.69, 9.17) is 14.2 Å². The summed E-state index contributed by atoms with van der Waals surface area (Å²) in [4.78, 5) is 17.7. The molecule has 0 bridgehead atoms. The second-order valence-electron chi connectivity index (χ2n) is 8.84. The SMILES string of the molecule is CC(C)(C)C(C)(c1ccc(OCc2ccccc2)cc1)C(C)(C)C(=O)OO[SiH3]. The van der Waals surface area contributed by atoms with E-state index in [9.17, 15) is 4.79 Å². The van der Waals surface area contributed by atoms with E-state index in [1.165, 1.54) is 0 Å². The Bertz CT molecular complexity index is 778. The molecule has 0 aliphatic rings. The molecule has 0 aliphatic heterocycles. The van der Waals surface area contributed by atoms with Crippen molar-refractivity contribution < 1.29 is 19.0 Å². The van der Waals surface area contributed by atoms with Gasteiger partial charge in [0.1, 0.15) is 12.4 Å². The van der Waals surface area contributed by atoms with Crippen LogP contribution in [0.25, 0.3) is 0 Å². The zero-order valence-electron chi connectivity index (χ0n) is 18.0. The van der Waals surface area contributed by atoms with Gasteiger partial charge in [0.2, 0.25) is 10.5 Å². The molecule has 0 aliphatic carbocycles. The topological polar surface area (TPSA) is 44.8 Å². The van der Waals surface area contributed by atoms with E-state index in [0.717, 1.165) is 16.9 Å². The fraction of sp³-hybridized carbons (Fsp3) is 0.435. The molecule has 0 fully saturated rings. The minimum atomic E-state index is -0.790. The van der Waals surface area contributed by atoms with Gasteiger partial charge in [-0.3, -0.25) is 4.58 Å². The summed E-state index contributed by atoms with van der Waals surface area (Å²) in [5, 5.41) is 0. The van der Waals surface area contributed by atoms with Crippen LogP contribution in [-0.2, 0) is 26.3 Å². The predicted molar refractivity (Wildman–Crippen MR) is 115 cm³/mol. The molecule has 0 saturated heterocycles. The minimum absolute atomic E-state index is 0.201. The zero-order chi connectivity index (χ0) is 21.0. The number of rotatable bonds is 7. The maximum atomic E-state index is 12.7. The molecule has 1 unspecified atom stereocenters. The summed E-state index contributed by atoms with van der Waals surface area (Å²) < 4.78 is 10.7. The molecule has 0 aromatic heterocycles. The highest BCUT2D eigenvalue weighted by Crippen LogP contribution is 2.53. The molecular formula is C23H32O4Si. The second-order valence-corrected chi connectivity index (χ2v) is 9.17. The first-order valence-electron chi connectivity index (χ1n) is 9.56. The van der Waals surface area contributed by atoms with Crippen LogP contribution in [0.15, 0.2) is 54.6 Å². The first-order chi connectivity index (χ1) is 13.0. The Kier molecular flexibility index (Phi) is 6.73. The van der Waals surface area contributed by atoms with Crippen molar-refractivity contribution >= 4 is 16.5 Å². The standard InChI is InChI=1S/C23H32O4Si/c1-21(2,3)23(6,22(4,5)20(24)26-27-28)18-12-14-19(15-13-18)25-16-17-10-8-7-9-11-17/h7-15H,16H2,1-6,28H3.